The van der Waals surface area contributed by atoms with E-state index in [9.17, 15) is 0 Å². The first-order chi connectivity index (χ1) is 7.66. The van der Waals surface area contributed by atoms with Crippen molar-refractivity contribution < 1.29 is 4.42 Å². The average Bonchev–Trinajstić information content (AvgIpc) is 2.65. The third-order valence-corrected chi connectivity index (χ3v) is 3.18. The fourth-order valence-electron chi connectivity index (χ4n) is 1.23. The number of nitrogen functional groups attached to an aromatic ring is 1. The predicted octanol–water partition coefficient (Wildman–Crippen LogP) is 2.42. The molecule has 0 aliphatic rings. The SMILES string of the molecule is Cc1occc1Sc1ccnc(C(=N)N)c1. The zero-order valence-electron chi connectivity index (χ0n) is 8.73. The molecule has 0 unspecified atom stereocenters. The summed E-state index contributed by atoms with van der Waals surface area (Å²) in [5, 5.41) is 7.31. The van der Waals surface area contributed by atoms with Gasteiger partial charge in [-0.2, -0.15) is 0 Å². The smallest absolute Gasteiger partial charge is 0.141 e. The van der Waals surface area contributed by atoms with Gasteiger partial charge in [0.1, 0.15) is 17.3 Å². The molecule has 0 saturated carbocycles. The summed E-state index contributed by atoms with van der Waals surface area (Å²) in [5.74, 6) is 0.859. The van der Waals surface area contributed by atoms with E-state index in [0.717, 1.165) is 15.6 Å². The van der Waals surface area contributed by atoms with Crippen LogP contribution in [0.1, 0.15) is 11.5 Å². The zero-order valence-corrected chi connectivity index (χ0v) is 9.54. The van der Waals surface area contributed by atoms with Crippen molar-refractivity contribution in [2.24, 2.45) is 5.73 Å². The number of rotatable bonds is 3. The molecule has 0 fully saturated rings. The fourth-order valence-corrected chi connectivity index (χ4v) is 2.10. The Morgan fingerprint density at radius 3 is 2.94 bits per heavy atom. The second kappa shape index (κ2) is 4.40. The van der Waals surface area contributed by atoms with E-state index in [0.29, 0.717) is 5.69 Å². The molecule has 2 aromatic rings. The molecular formula is C11H11N3OS. The molecule has 0 bridgehead atoms. The van der Waals surface area contributed by atoms with Crippen LogP contribution in [-0.2, 0) is 0 Å². The summed E-state index contributed by atoms with van der Waals surface area (Å²) in [6.07, 6.45) is 3.30. The summed E-state index contributed by atoms with van der Waals surface area (Å²) < 4.78 is 5.21. The molecule has 4 nitrogen and oxygen atoms in total. The molecule has 5 heteroatoms. The third kappa shape index (κ3) is 2.25. The van der Waals surface area contributed by atoms with E-state index in [1.807, 2.05) is 19.1 Å². The van der Waals surface area contributed by atoms with Crippen LogP contribution in [0.3, 0.4) is 0 Å². The van der Waals surface area contributed by atoms with Crippen LogP contribution in [0.2, 0.25) is 0 Å². The largest absolute Gasteiger partial charge is 0.468 e. The monoisotopic (exact) mass is 233 g/mol. The summed E-state index contributed by atoms with van der Waals surface area (Å²) in [5.41, 5.74) is 5.87. The average molecular weight is 233 g/mol. The summed E-state index contributed by atoms with van der Waals surface area (Å²) in [6, 6.07) is 5.58. The van der Waals surface area contributed by atoms with E-state index < -0.39 is 0 Å². The lowest BCUT2D eigenvalue weighted by atomic mass is 10.3. The van der Waals surface area contributed by atoms with Crippen molar-refractivity contribution in [2.45, 2.75) is 16.7 Å². The number of hydrogen-bond acceptors (Lipinski definition) is 4. The Hall–Kier alpha value is -1.75. The van der Waals surface area contributed by atoms with Crippen molar-refractivity contribution in [3.63, 3.8) is 0 Å². The quantitative estimate of drug-likeness (QED) is 0.630. The highest BCUT2D eigenvalue weighted by molar-refractivity contribution is 7.99. The molecule has 0 radical (unpaired) electrons. The highest BCUT2D eigenvalue weighted by Gasteiger charge is 2.05. The summed E-state index contributed by atoms with van der Waals surface area (Å²) in [4.78, 5) is 6.05. The van der Waals surface area contributed by atoms with Crippen molar-refractivity contribution in [3.05, 3.63) is 42.1 Å². The van der Waals surface area contributed by atoms with Gasteiger partial charge in [-0.3, -0.25) is 10.4 Å². The molecule has 0 aliphatic carbocycles. The molecule has 2 aromatic heterocycles. The number of amidine groups is 1. The van der Waals surface area contributed by atoms with Crippen molar-refractivity contribution in [2.75, 3.05) is 0 Å². The molecule has 82 valence electrons. The minimum Gasteiger partial charge on any atom is -0.468 e. The fraction of sp³-hybridized carbons (Fsp3) is 0.0909. The first-order valence-corrected chi connectivity index (χ1v) is 5.51. The van der Waals surface area contributed by atoms with Crippen LogP contribution in [0.5, 0.6) is 0 Å². The zero-order chi connectivity index (χ0) is 11.5. The van der Waals surface area contributed by atoms with Gasteiger partial charge in [0.25, 0.3) is 0 Å². The Bertz CT molecular complexity index is 521. The van der Waals surface area contributed by atoms with Crippen LogP contribution >= 0.6 is 11.8 Å². The first kappa shape index (κ1) is 10.8. The van der Waals surface area contributed by atoms with Gasteiger partial charge < -0.3 is 10.2 Å². The number of furan rings is 1. The van der Waals surface area contributed by atoms with Crippen LogP contribution < -0.4 is 5.73 Å². The van der Waals surface area contributed by atoms with Gasteiger partial charge in [0.15, 0.2) is 0 Å². The van der Waals surface area contributed by atoms with E-state index in [1.165, 1.54) is 0 Å². The van der Waals surface area contributed by atoms with E-state index in [1.54, 1.807) is 30.3 Å². The standard InChI is InChI=1S/C11H11N3OS/c1-7-10(3-5-15-7)16-8-2-4-14-9(6-8)11(12)13/h2-6H,1H3,(H3,12,13). The van der Waals surface area contributed by atoms with Gasteiger partial charge >= 0.3 is 0 Å². The molecule has 0 aliphatic heterocycles. The topological polar surface area (TPSA) is 75.9 Å². The Morgan fingerprint density at radius 1 is 1.50 bits per heavy atom. The van der Waals surface area contributed by atoms with E-state index in [-0.39, 0.29) is 5.84 Å². The van der Waals surface area contributed by atoms with Gasteiger partial charge in [-0.15, -0.1) is 0 Å². The van der Waals surface area contributed by atoms with Crippen LogP contribution in [-0.4, -0.2) is 10.8 Å². The van der Waals surface area contributed by atoms with Gasteiger partial charge in [0.2, 0.25) is 0 Å². The highest BCUT2D eigenvalue weighted by Crippen LogP contribution is 2.30. The molecule has 0 atom stereocenters. The van der Waals surface area contributed by atoms with Crippen molar-refractivity contribution in [1.82, 2.24) is 4.98 Å². The van der Waals surface area contributed by atoms with Crippen LogP contribution in [0.4, 0.5) is 0 Å². The van der Waals surface area contributed by atoms with E-state index in [4.69, 9.17) is 15.6 Å². The maximum absolute atomic E-state index is 7.31. The van der Waals surface area contributed by atoms with E-state index >= 15 is 0 Å². The molecule has 0 saturated heterocycles. The normalized spacial score (nSPS) is 10.3. The molecule has 16 heavy (non-hydrogen) atoms. The molecule has 0 amide bonds. The van der Waals surface area contributed by atoms with Crippen molar-refractivity contribution in [1.29, 1.82) is 5.41 Å². The molecule has 2 heterocycles. The van der Waals surface area contributed by atoms with Crippen LogP contribution in [0, 0.1) is 12.3 Å². The second-order valence-corrected chi connectivity index (χ2v) is 4.35. The number of nitrogens with one attached hydrogen (secondary N) is 1. The molecule has 0 spiro atoms. The molecule has 0 aromatic carbocycles. The number of nitrogens with two attached hydrogens (primary N) is 1. The highest BCUT2D eigenvalue weighted by atomic mass is 32.2. The number of hydrogen-bond donors (Lipinski definition) is 2. The molecular weight excluding hydrogens is 222 g/mol. The van der Waals surface area contributed by atoms with E-state index in [2.05, 4.69) is 4.98 Å². The lowest BCUT2D eigenvalue weighted by Crippen LogP contribution is -2.12. The third-order valence-electron chi connectivity index (χ3n) is 2.05. The molecule has 2 rings (SSSR count). The summed E-state index contributed by atoms with van der Waals surface area (Å²) in [7, 11) is 0. The molecule has 3 N–H and O–H groups in total. The van der Waals surface area contributed by atoms with Gasteiger partial charge in [-0.05, 0) is 25.1 Å². The Balaban J connectivity index is 2.25. The van der Waals surface area contributed by atoms with Gasteiger partial charge in [0, 0.05) is 11.1 Å². The number of nitrogens with zero attached hydrogens (tertiary/aromatic N) is 1. The van der Waals surface area contributed by atoms with Crippen LogP contribution in [0.15, 0.2) is 44.9 Å². The van der Waals surface area contributed by atoms with Crippen LogP contribution in [0.25, 0.3) is 0 Å². The number of aromatic nitrogens is 1. The lowest BCUT2D eigenvalue weighted by molar-refractivity contribution is 0.527. The van der Waals surface area contributed by atoms with Gasteiger partial charge in [0.05, 0.1) is 11.2 Å². The van der Waals surface area contributed by atoms with Gasteiger partial charge in [-0.25, -0.2) is 0 Å². The Morgan fingerprint density at radius 2 is 2.31 bits per heavy atom. The predicted molar refractivity (Wildman–Crippen MR) is 62.8 cm³/mol. The second-order valence-electron chi connectivity index (χ2n) is 3.23. The maximum atomic E-state index is 7.31. The number of aryl methyl sites for hydroxylation is 1. The summed E-state index contributed by atoms with van der Waals surface area (Å²) in [6.45, 7) is 1.91. The first-order valence-electron chi connectivity index (χ1n) is 4.69. The van der Waals surface area contributed by atoms with Gasteiger partial charge in [-0.1, -0.05) is 11.8 Å². The Kier molecular flexibility index (Phi) is 2.96. The minimum atomic E-state index is -0.0219. The summed E-state index contributed by atoms with van der Waals surface area (Å²) >= 11 is 1.57. The number of pyridine rings is 1. The Labute approximate surface area is 97.4 Å². The minimum absolute atomic E-state index is 0.0219. The maximum Gasteiger partial charge on any atom is 0.141 e. The van der Waals surface area contributed by atoms with Crippen molar-refractivity contribution in [3.8, 4) is 0 Å². The lowest BCUT2D eigenvalue weighted by Gasteiger charge is -2.02. The van der Waals surface area contributed by atoms with Crippen molar-refractivity contribution >= 4 is 17.6 Å².